The molecule has 1 aliphatic carbocycles. The maximum atomic E-state index is 12.2. The molecule has 0 aliphatic heterocycles. The predicted octanol–water partition coefficient (Wildman–Crippen LogP) is 2.84. The number of fused-ring (bicyclic) bond motifs is 1. The van der Waals surface area contributed by atoms with E-state index in [1.54, 1.807) is 6.20 Å². The molecular weight excluding hydrogens is 326 g/mol. The van der Waals surface area contributed by atoms with Gasteiger partial charge in [-0.15, -0.1) is 0 Å². The summed E-state index contributed by atoms with van der Waals surface area (Å²) in [6.45, 7) is 2.87. The second-order valence-corrected chi connectivity index (χ2v) is 6.97. The SMILES string of the molecule is Cc1cccc2[nH]c(CCN(C)c3ccnc(C(=O)NC4CC4)c3)nc12. The number of carbonyl (C=O) groups is 1. The lowest BCUT2D eigenvalue weighted by Gasteiger charge is -2.19. The number of aryl methyl sites for hydroxylation is 1. The fourth-order valence-corrected chi connectivity index (χ4v) is 3.02. The van der Waals surface area contributed by atoms with E-state index in [1.165, 1.54) is 5.56 Å². The molecule has 0 saturated heterocycles. The number of hydrogen-bond acceptors (Lipinski definition) is 4. The number of aromatic amines is 1. The summed E-state index contributed by atoms with van der Waals surface area (Å²) < 4.78 is 0. The Morgan fingerprint density at radius 2 is 2.19 bits per heavy atom. The second-order valence-electron chi connectivity index (χ2n) is 6.97. The van der Waals surface area contributed by atoms with Gasteiger partial charge in [0.15, 0.2) is 0 Å². The van der Waals surface area contributed by atoms with Crippen LogP contribution in [0.1, 0.15) is 34.7 Å². The molecule has 3 aromatic rings. The highest BCUT2D eigenvalue weighted by Gasteiger charge is 2.24. The van der Waals surface area contributed by atoms with E-state index >= 15 is 0 Å². The molecule has 134 valence electrons. The average molecular weight is 349 g/mol. The summed E-state index contributed by atoms with van der Waals surface area (Å²) in [5.41, 5.74) is 4.74. The van der Waals surface area contributed by atoms with Crippen LogP contribution in [0.25, 0.3) is 11.0 Å². The topological polar surface area (TPSA) is 73.9 Å². The third-order valence-electron chi connectivity index (χ3n) is 4.78. The number of anilines is 1. The lowest BCUT2D eigenvalue weighted by atomic mass is 10.2. The maximum Gasteiger partial charge on any atom is 0.270 e. The molecule has 4 rings (SSSR count). The summed E-state index contributed by atoms with van der Waals surface area (Å²) in [5.74, 6) is 0.886. The molecule has 2 N–H and O–H groups in total. The predicted molar refractivity (Wildman–Crippen MR) is 103 cm³/mol. The molecule has 6 heteroatoms. The molecule has 0 spiro atoms. The molecule has 2 aromatic heterocycles. The minimum atomic E-state index is -0.0875. The monoisotopic (exact) mass is 349 g/mol. The molecule has 1 aliphatic rings. The fourth-order valence-electron chi connectivity index (χ4n) is 3.02. The molecule has 0 unspecified atom stereocenters. The standard InChI is InChI=1S/C20H23N5O/c1-13-4-3-5-16-19(13)24-18(23-16)9-11-25(2)15-8-10-21-17(12-15)20(26)22-14-6-7-14/h3-5,8,10,12,14H,6-7,9,11H2,1-2H3,(H,22,26)(H,23,24). The zero-order valence-corrected chi connectivity index (χ0v) is 15.1. The van der Waals surface area contributed by atoms with Gasteiger partial charge in [0.1, 0.15) is 11.5 Å². The third-order valence-corrected chi connectivity index (χ3v) is 4.78. The number of nitrogens with one attached hydrogen (secondary N) is 2. The van der Waals surface area contributed by atoms with Crippen molar-refractivity contribution in [2.75, 3.05) is 18.5 Å². The van der Waals surface area contributed by atoms with Gasteiger partial charge in [-0.3, -0.25) is 9.78 Å². The van der Waals surface area contributed by atoms with Gasteiger partial charge < -0.3 is 15.2 Å². The first kappa shape index (κ1) is 16.6. The summed E-state index contributed by atoms with van der Waals surface area (Å²) in [5, 5.41) is 2.98. The van der Waals surface area contributed by atoms with Gasteiger partial charge >= 0.3 is 0 Å². The van der Waals surface area contributed by atoms with E-state index in [2.05, 4.69) is 39.2 Å². The van der Waals surface area contributed by atoms with Gasteiger partial charge in [-0.1, -0.05) is 12.1 Å². The van der Waals surface area contributed by atoms with Crippen molar-refractivity contribution in [1.82, 2.24) is 20.3 Å². The minimum Gasteiger partial charge on any atom is -0.374 e. The number of para-hydroxylation sites is 1. The van der Waals surface area contributed by atoms with Crippen LogP contribution in [0.4, 0.5) is 5.69 Å². The maximum absolute atomic E-state index is 12.2. The molecule has 0 radical (unpaired) electrons. The van der Waals surface area contributed by atoms with Crippen LogP contribution in [0, 0.1) is 6.92 Å². The Labute approximate surface area is 152 Å². The molecule has 1 fully saturated rings. The van der Waals surface area contributed by atoms with Gasteiger partial charge in [-0.25, -0.2) is 4.98 Å². The number of aromatic nitrogens is 3. The van der Waals surface area contributed by atoms with Crippen molar-refractivity contribution in [3.8, 4) is 0 Å². The third kappa shape index (κ3) is 3.54. The van der Waals surface area contributed by atoms with Crippen molar-refractivity contribution < 1.29 is 4.79 Å². The normalized spacial score (nSPS) is 13.8. The fraction of sp³-hybridized carbons (Fsp3) is 0.350. The van der Waals surface area contributed by atoms with Crippen LogP contribution in [0.3, 0.4) is 0 Å². The first-order chi connectivity index (χ1) is 12.6. The Kier molecular flexibility index (Phi) is 4.32. The Morgan fingerprint density at radius 3 is 2.96 bits per heavy atom. The van der Waals surface area contributed by atoms with Crippen LogP contribution >= 0.6 is 0 Å². The Balaban J connectivity index is 1.43. The van der Waals surface area contributed by atoms with Crippen molar-refractivity contribution in [1.29, 1.82) is 0 Å². The molecule has 0 bridgehead atoms. The molecule has 1 aromatic carbocycles. The van der Waals surface area contributed by atoms with Gasteiger partial charge in [0.05, 0.1) is 11.0 Å². The van der Waals surface area contributed by atoms with Crippen molar-refractivity contribution in [2.45, 2.75) is 32.2 Å². The van der Waals surface area contributed by atoms with E-state index in [4.69, 9.17) is 4.98 Å². The number of nitrogens with zero attached hydrogens (tertiary/aromatic N) is 3. The zero-order chi connectivity index (χ0) is 18.1. The van der Waals surface area contributed by atoms with Crippen LogP contribution in [0.15, 0.2) is 36.5 Å². The highest BCUT2D eigenvalue weighted by Crippen LogP contribution is 2.20. The Morgan fingerprint density at radius 1 is 1.35 bits per heavy atom. The van der Waals surface area contributed by atoms with Crippen LogP contribution in [-0.2, 0) is 6.42 Å². The number of benzene rings is 1. The molecule has 1 amide bonds. The highest BCUT2D eigenvalue weighted by atomic mass is 16.2. The van der Waals surface area contributed by atoms with Gasteiger partial charge in [0.25, 0.3) is 5.91 Å². The average Bonchev–Trinajstić information content (AvgIpc) is 3.36. The first-order valence-electron chi connectivity index (χ1n) is 9.02. The minimum absolute atomic E-state index is 0.0875. The molecule has 1 saturated carbocycles. The van der Waals surface area contributed by atoms with Gasteiger partial charge in [-0.05, 0) is 43.5 Å². The van der Waals surface area contributed by atoms with Crippen molar-refractivity contribution in [3.05, 3.63) is 53.6 Å². The number of hydrogen-bond donors (Lipinski definition) is 2. The quantitative estimate of drug-likeness (QED) is 0.718. The van der Waals surface area contributed by atoms with E-state index in [1.807, 2.05) is 25.2 Å². The summed E-state index contributed by atoms with van der Waals surface area (Å²) in [4.78, 5) is 26.6. The molecular formula is C20H23N5O. The molecule has 0 atom stereocenters. The summed E-state index contributed by atoms with van der Waals surface area (Å²) in [7, 11) is 2.02. The van der Waals surface area contributed by atoms with Crippen molar-refractivity contribution >= 4 is 22.6 Å². The van der Waals surface area contributed by atoms with Gasteiger partial charge in [0.2, 0.25) is 0 Å². The zero-order valence-electron chi connectivity index (χ0n) is 15.1. The van der Waals surface area contributed by atoms with Crippen LogP contribution in [0.2, 0.25) is 0 Å². The second kappa shape index (κ2) is 6.78. The number of pyridine rings is 1. The lowest BCUT2D eigenvalue weighted by molar-refractivity contribution is 0.0946. The smallest absolute Gasteiger partial charge is 0.270 e. The summed E-state index contributed by atoms with van der Waals surface area (Å²) >= 11 is 0. The summed E-state index contributed by atoms with van der Waals surface area (Å²) in [6, 6.07) is 10.3. The first-order valence-corrected chi connectivity index (χ1v) is 9.02. The molecule has 2 heterocycles. The van der Waals surface area contributed by atoms with Crippen LogP contribution in [0.5, 0.6) is 0 Å². The van der Waals surface area contributed by atoms with E-state index in [0.717, 1.165) is 48.4 Å². The Hall–Kier alpha value is -2.89. The lowest BCUT2D eigenvalue weighted by Crippen LogP contribution is -2.27. The Bertz CT molecular complexity index is 944. The van der Waals surface area contributed by atoms with E-state index in [9.17, 15) is 4.79 Å². The van der Waals surface area contributed by atoms with Crippen LogP contribution < -0.4 is 10.2 Å². The number of carbonyl (C=O) groups excluding carboxylic acids is 1. The molecule has 26 heavy (non-hydrogen) atoms. The van der Waals surface area contributed by atoms with Gasteiger partial charge in [0, 0.05) is 37.9 Å². The van der Waals surface area contributed by atoms with E-state index in [0.29, 0.717) is 11.7 Å². The number of likely N-dealkylation sites (N-methyl/N-ethyl adjacent to an activating group) is 1. The number of imidazole rings is 1. The number of rotatable bonds is 6. The number of amides is 1. The van der Waals surface area contributed by atoms with Crippen molar-refractivity contribution in [2.24, 2.45) is 0 Å². The number of H-pyrrole nitrogens is 1. The highest BCUT2D eigenvalue weighted by molar-refractivity contribution is 5.93. The van der Waals surface area contributed by atoms with E-state index in [-0.39, 0.29) is 5.91 Å². The largest absolute Gasteiger partial charge is 0.374 e. The van der Waals surface area contributed by atoms with Gasteiger partial charge in [-0.2, -0.15) is 0 Å². The van der Waals surface area contributed by atoms with E-state index < -0.39 is 0 Å². The van der Waals surface area contributed by atoms with Crippen molar-refractivity contribution in [3.63, 3.8) is 0 Å². The summed E-state index contributed by atoms with van der Waals surface area (Å²) in [6.07, 6.45) is 4.64. The van der Waals surface area contributed by atoms with Crippen LogP contribution in [-0.4, -0.2) is 40.5 Å². The molecule has 6 nitrogen and oxygen atoms in total.